The summed E-state index contributed by atoms with van der Waals surface area (Å²) >= 11 is 24.6. The molecule has 2 rings (SSSR count). The summed E-state index contributed by atoms with van der Waals surface area (Å²) in [6.45, 7) is 0. The van der Waals surface area contributed by atoms with Crippen molar-refractivity contribution in [3.63, 3.8) is 0 Å². The van der Waals surface area contributed by atoms with E-state index in [9.17, 15) is 0 Å². The van der Waals surface area contributed by atoms with Crippen LogP contribution in [-0.2, 0) is 15.1 Å². The fourth-order valence-corrected chi connectivity index (χ4v) is 3.43. The minimum atomic E-state index is -1.56. The van der Waals surface area contributed by atoms with E-state index in [2.05, 4.69) is 0 Å². The standard InChI is InChI=1S/C15H14Cl4O3/c1-20-12-6-3-2-5-11(12)14(21-9-16)8-4-7-13(18)15(14,19)22-10-17/h2-8H,9-10H2,1H3. The molecule has 3 nitrogen and oxygen atoms in total. The Hall–Kier alpha value is -0.420. The van der Waals surface area contributed by atoms with Gasteiger partial charge in [0.1, 0.15) is 17.9 Å². The first kappa shape index (κ1) is 17.9. The van der Waals surface area contributed by atoms with Crippen molar-refractivity contribution >= 4 is 46.4 Å². The molecule has 0 N–H and O–H groups in total. The second-order valence-electron chi connectivity index (χ2n) is 4.41. The SMILES string of the molecule is COc1ccccc1C1(OCCl)C=CC=C(Cl)C1(Cl)OCCl. The molecular formula is C15H14Cl4O3. The van der Waals surface area contributed by atoms with Gasteiger partial charge >= 0.3 is 0 Å². The first-order valence-corrected chi connectivity index (χ1v) is 8.16. The van der Waals surface area contributed by atoms with Gasteiger partial charge in [0, 0.05) is 5.56 Å². The Bertz CT molecular complexity index is 590. The Morgan fingerprint density at radius 3 is 2.41 bits per heavy atom. The summed E-state index contributed by atoms with van der Waals surface area (Å²) in [7, 11) is 1.55. The van der Waals surface area contributed by atoms with E-state index in [0.717, 1.165) is 0 Å². The molecular weight excluding hydrogens is 370 g/mol. The van der Waals surface area contributed by atoms with Crippen LogP contribution in [-0.4, -0.2) is 24.3 Å². The maximum atomic E-state index is 6.69. The van der Waals surface area contributed by atoms with Crippen LogP contribution >= 0.6 is 46.4 Å². The number of methoxy groups -OCH3 is 1. The van der Waals surface area contributed by atoms with Crippen LogP contribution in [0.15, 0.2) is 47.5 Å². The van der Waals surface area contributed by atoms with E-state index in [0.29, 0.717) is 11.3 Å². The average molecular weight is 384 g/mol. The lowest BCUT2D eigenvalue weighted by atomic mass is 9.83. The Labute approximate surface area is 149 Å². The summed E-state index contributed by atoms with van der Waals surface area (Å²) in [5.74, 6) is 0.562. The maximum absolute atomic E-state index is 6.69. The van der Waals surface area contributed by atoms with Crippen LogP contribution in [0.25, 0.3) is 0 Å². The van der Waals surface area contributed by atoms with E-state index < -0.39 is 10.7 Å². The van der Waals surface area contributed by atoms with E-state index in [4.69, 9.17) is 60.6 Å². The van der Waals surface area contributed by atoms with Crippen LogP contribution in [0.5, 0.6) is 5.75 Å². The largest absolute Gasteiger partial charge is 0.496 e. The first-order chi connectivity index (χ1) is 10.6. The second-order valence-corrected chi connectivity index (χ2v) is 5.79. The zero-order valence-electron chi connectivity index (χ0n) is 11.7. The lowest BCUT2D eigenvalue weighted by Crippen LogP contribution is -2.51. The summed E-state index contributed by atoms with van der Waals surface area (Å²) in [5, 5.41) is -1.33. The van der Waals surface area contributed by atoms with Crippen molar-refractivity contribution in [3.05, 3.63) is 53.1 Å². The van der Waals surface area contributed by atoms with Gasteiger partial charge < -0.3 is 14.2 Å². The molecule has 0 amide bonds. The van der Waals surface area contributed by atoms with Crippen molar-refractivity contribution in [3.8, 4) is 5.75 Å². The third-order valence-electron chi connectivity index (χ3n) is 3.40. The minimum absolute atomic E-state index is 0.132. The molecule has 1 aromatic rings. The van der Waals surface area contributed by atoms with E-state index >= 15 is 0 Å². The Balaban J connectivity index is 2.70. The number of hydrogen-bond acceptors (Lipinski definition) is 3. The van der Waals surface area contributed by atoms with Crippen molar-refractivity contribution < 1.29 is 14.2 Å². The van der Waals surface area contributed by atoms with E-state index in [1.165, 1.54) is 0 Å². The molecule has 2 unspecified atom stereocenters. The number of hydrogen-bond donors (Lipinski definition) is 0. The lowest BCUT2D eigenvalue weighted by molar-refractivity contribution is -0.109. The molecule has 7 heteroatoms. The minimum Gasteiger partial charge on any atom is -0.496 e. The molecule has 1 aliphatic carbocycles. The van der Waals surface area contributed by atoms with Crippen molar-refractivity contribution in [1.29, 1.82) is 0 Å². The fraction of sp³-hybridized carbons (Fsp3) is 0.333. The highest BCUT2D eigenvalue weighted by Gasteiger charge is 2.57. The number of alkyl halides is 3. The van der Waals surface area contributed by atoms with E-state index in [1.54, 1.807) is 37.5 Å². The molecule has 0 aliphatic heterocycles. The highest BCUT2D eigenvalue weighted by Crippen LogP contribution is 2.53. The molecule has 0 spiro atoms. The van der Waals surface area contributed by atoms with Crippen molar-refractivity contribution in [1.82, 2.24) is 0 Å². The molecule has 120 valence electrons. The van der Waals surface area contributed by atoms with Crippen molar-refractivity contribution in [2.45, 2.75) is 10.7 Å². The molecule has 0 radical (unpaired) electrons. The summed E-state index contributed by atoms with van der Waals surface area (Å²) in [4.78, 5) is 0. The molecule has 1 aromatic carbocycles. The maximum Gasteiger partial charge on any atom is 0.216 e. The molecule has 0 saturated carbocycles. The predicted molar refractivity (Wildman–Crippen MR) is 89.9 cm³/mol. The quantitative estimate of drug-likeness (QED) is 0.651. The highest BCUT2D eigenvalue weighted by atomic mass is 35.5. The molecule has 0 fully saturated rings. The van der Waals surface area contributed by atoms with E-state index in [1.807, 2.05) is 12.1 Å². The van der Waals surface area contributed by atoms with Gasteiger partial charge in [-0.3, -0.25) is 0 Å². The smallest absolute Gasteiger partial charge is 0.216 e. The van der Waals surface area contributed by atoms with Crippen molar-refractivity contribution in [2.24, 2.45) is 0 Å². The predicted octanol–water partition coefficient (Wildman–Crippen LogP) is 4.94. The monoisotopic (exact) mass is 382 g/mol. The van der Waals surface area contributed by atoms with Crippen LogP contribution in [0, 0.1) is 0 Å². The lowest BCUT2D eigenvalue weighted by Gasteiger charge is -2.45. The first-order valence-electron chi connectivity index (χ1n) is 6.33. The highest BCUT2D eigenvalue weighted by molar-refractivity contribution is 6.40. The number of benzene rings is 1. The molecule has 0 aromatic heterocycles. The zero-order chi connectivity index (χ0) is 16.2. The Kier molecular flexibility index (Phi) is 6.06. The van der Waals surface area contributed by atoms with Gasteiger partial charge in [0.15, 0.2) is 5.60 Å². The van der Waals surface area contributed by atoms with Crippen LogP contribution < -0.4 is 4.74 Å². The number of allylic oxidation sites excluding steroid dienone is 2. The third kappa shape index (κ3) is 2.86. The van der Waals surface area contributed by atoms with Gasteiger partial charge in [0.05, 0.1) is 12.1 Å². The fourth-order valence-electron chi connectivity index (χ4n) is 2.43. The topological polar surface area (TPSA) is 27.7 Å². The van der Waals surface area contributed by atoms with E-state index in [-0.39, 0.29) is 17.2 Å². The number of rotatable bonds is 6. The molecule has 22 heavy (non-hydrogen) atoms. The number of para-hydroxylation sites is 1. The summed E-state index contributed by atoms with van der Waals surface area (Å²) in [6, 6.07) is 6.94. The molecule has 2 atom stereocenters. The zero-order valence-corrected chi connectivity index (χ0v) is 14.7. The normalized spacial score (nSPS) is 27.6. The number of ether oxygens (including phenoxy) is 3. The third-order valence-corrected chi connectivity index (χ3v) is 4.70. The van der Waals surface area contributed by atoms with Crippen LogP contribution in [0.4, 0.5) is 0 Å². The molecule has 0 bridgehead atoms. The van der Waals surface area contributed by atoms with Gasteiger partial charge in [-0.1, -0.05) is 70.7 Å². The molecule has 0 heterocycles. The second kappa shape index (κ2) is 7.43. The summed E-state index contributed by atoms with van der Waals surface area (Å²) in [5.41, 5.74) is -0.662. The van der Waals surface area contributed by atoms with Gasteiger partial charge in [0.25, 0.3) is 0 Å². The summed E-state index contributed by atoms with van der Waals surface area (Å²) in [6.07, 6.45) is 5.06. The van der Waals surface area contributed by atoms with Crippen LogP contribution in [0.3, 0.4) is 0 Å². The van der Waals surface area contributed by atoms with Gasteiger partial charge in [-0.15, -0.1) is 0 Å². The Morgan fingerprint density at radius 2 is 1.77 bits per heavy atom. The Morgan fingerprint density at radius 1 is 1.09 bits per heavy atom. The number of halogens is 4. The van der Waals surface area contributed by atoms with Crippen molar-refractivity contribution in [2.75, 3.05) is 19.2 Å². The van der Waals surface area contributed by atoms with Gasteiger partial charge in [-0.05, 0) is 18.2 Å². The van der Waals surface area contributed by atoms with Gasteiger partial charge in [0.2, 0.25) is 5.06 Å². The average Bonchev–Trinajstić information content (AvgIpc) is 2.52. The van der Waals surface area contributed by atoms with Gasteiger partial charge in [-0.2, -0.15) is 0 Å². The molecule has 1 aliphatic rings. The van der Waals surface area contributed by atoms with Gasteiger partial charge in [-0.25, -0.2) is 0 Å². The van der Waals surface area contributed by atoms with Crippen LogP contribution in [0.1, 0.15) is 5.56 Å². The van der Waals surface area contributed by atoms with Crippen LogP contribution in [0.2, 0.25) is 0 Å². The molecule has 0 saturated heterocycles. The summed E-state index contributed by atoms with van der Waals surface area (Å²) < 4.78 is 16.8.